The Kier molecular flexibility index (Phi) is 5.08. The van der Waals surface area contributed by atoms with Crippen LogP contribution < -0.4 is 5.32 Å². The van der Waals surface area contributed by atoms with Crippen LogP contribution in [0.3, 0.4) is 0 Å². The molecule has 0 unspecified atom stereocenters. The van der Waals surface area contributed by atoms with Crippen molar-refractivity contribution >= 4 is 11.6 Å². The summed E-state index contributed by atoms with van der Waals surface area (Å²) in [6.07, 6.45) is 0.456. The Bertz CT molecular complexity index is 682. The number of amides is 1. The van der Waals surface area contributed by atoms with Crippen molar-refractivity contribution in [3.8, 4) is 11.8 Å². The minimum atomic E-state index is -0.238. The SMILES string of the molecule is Cc1cccc(C(=O)Nc2ccc(C#CCCO)cc2)n1. The molecule has 21 heavy (non-hydrogen) atoms. The molecule has 1 aromatic heterocycles. The topological polar surface area (TPSA) is 62.2 Å². The van der Waals surface area contributed by atoms with E-state index in [9.17, 15) is 4.79 Å². The van der Waals surface area contributed by atoms with Gasteiger partial charge in [-0.2, -0.15) is 0 Å². The molecule has 0 aliphatic heterocycles. The maximum absolute atomic E-state index is 12.0. The minimum absolute atomic E-state index is 0.0602. The average molecular weight is 280 g/mol. The summed E-state index contributed by atoms with van der Waals surface area (Å²) >= 11 is 0. The molecular formula is C17H16N2O2. The molecule has 106 valence electrons. The third kappa shape index (κ3) is 4.44. The van der Waals surface area contributed by atoms with Crippen molar-refractivity contribution in [2.45, 2.75) is 13.3 Å². The van der Waals surface area contributed by atoms with E-state index < -0.39 is 0 Å². The smallest absolute Gasteiger partial charge is 0.274 e. The van der Waals surface area contributed by atoms with Gasteiger partial charge in [-0.05, 0) is 43.3 Å². The normalized spacial score (nSPS) is 9.62. The molecule has 0 saturated carbocycles. The molecule has 0 saturated heterocycles. The molecule has 0 aliphatic carbocycles. The summed E-state index contributed by atoms with van der Waals surface area (Å²) < 4.78 is 0. The molecule has 1 amide bonds. The van der Waals surface area contributed by atoms with Crippen LogP contribution in [0.15, 0.2) is 42.5 Å². The van der Waals surface area contributed by atoms with E-state index >= 15 is 0 Å². The third-order valence-electron chi connectivity index (χ3n) is 2.73. The number of hydrogen-bond donors (Lipinski definition) is 2. The van der Waals surface area contributed by atoms with Gasteiger partial charge in [0.25, 0.3) is 5.91 Å². The van der Waals surface area contributed by atoms with Crippen LogP contribution in [0, 0.1) is 18.8 Å². The lowest BCUT2D eigenvalue weighted by atomic mass is 10.2. The second-order valence-corrected chi connectivity index (χ2v) is 4.47. The zero-order chi connectivity index (χ0) is 15.1. The van der Waals surface area contributed by atoms with Crippen LogP contribution in [0.4, 0.5) is 5.69 Å². The summed E-state index contributed by atoms with van der Waals surface area (Å²) in [5.74, 6) is 5.54. The number of aromatic nitrogens is 1. The Morgan fingerprint density at radius 1 is 1.24 bits per heavy atom. The molecule has 0 atom stereocenters. The summed E-state index contributed by atoms with van der Waals surface area (Å²) in [6, 6.07) is 12.5. The maximum Gasteiger partial charge on any atom is 0.274 e. The second-order valence-electron chi connectivity index (χ2n) is 4.47. The highest BCUT2D eigenvalue weighted by Crippen LogP contribution is 2.10. The van der Waals surface area contributed by atoms with Crippen molar-refractivity contribution in [3.05, 3.63) is 59.4 Å². The summed E-state index contributed by atoms with van der Waals surface area (Å²) in [6.45, 7) is 1.90. The Balaban J connectivity index is 2.04. The molecule has 4 nitrogen and oxygen atoms in total. The van der Waals surface area contributed by atoms with E-state index in [2.05, 4.69) is 22.1 Å². The van der Waals surface area contributed by atoms with Crippen molar-refractivity contribution in [3.63, 3.8) is 0 Å². The molecule has 2 N–H and O–H groups in total. The third-order valence-corrected chi connectivity index (χ3v) is 2.73. The number of hydrogen-bond acceptors (Lipinski definition) is 3. The molecule has 0 bridgehead atoms. The van der Waals surface area contributed by atoms with Gasteiger partial charge in [-0.25, -0.2) is 4.98 Å². The van der Waals surface area contributed by atoms with Gasteiger partial charge in [0.15, 0.2) is 0 Å². The maximum atomic E-state index is 12.0. The molecule has 0 aliphatic rings. The summed E-state index contributed by atoms with van der Waals surface area (Å²) in [5, 5.41) is 11.4. The van der Waals surface area contributed by atoms with E-state index in [1.54, 1.807) is 24.3 Å². The fraction of sp³-hybridized carbons (Fsp3) is 0.176. The van der Waals surface area contributed by atoms with Crippen molar-refractivity contribution in [1.82, 2.24) is 4.98 Å². The zero-order valence-electron chi connectivity index (χ0n) is 11.8. The second kappa shape index (κ2) is 7.22. The van der Waals surface area contributed by atoms with Gasteiger partial charge in [0.1, 0.15) is 5.69 Å². The van der Waals surface area contributed by atoms with E-state index in [1.807, 2.05) is 25.1 Å². The molecule has 1 heterocycles. The highest BCUT2D eigenvalue weighted by atomic mass is 16.2. The van der Waals surface area contributed by atoms with Gasteiger partial charge < -0.3 is 10.4 Å². The van der Waals surface area contributed by atoms with Crippen molar-refractivity contribution in [2.24, 2.45) is 0 Å². The van der Waals surface area contributed by atoms with Gasteiger partial charge in [0, 0.05) is 23.4 Å². The summed E-state index contributed by atoms with van der Waals surface area (Å²) in [5.41, 5.74) is 2.73. The highest BCUT2D eigenvalue weighted by Gasteiger charge is 2.07. The largest absolute Gasteiger partial charge is 0.395 e. The molecule has 0 spiro atoms. The number of carbonyl (C=O) groups is 1. The predicted molar refractivity (Wildman–Crippen MR) is 82.0 cm³/mol. The van der Waals surface area contributed by atoms with Gasteiger partial charge >= 0.3 is 0 Å². The van der Waals surface area contributed by atoms with Gasteiger partial charge in [-0.15, -0.1) is 0 Å². The first-order chi connectivity index (χ1) is 10.2. The first kappa shape index (κ1) is 14.8. The zero-order valence-corrected chi connectivity index (χ0v) is 11.8. The Labute approximate surface area is 123 Å². The molecular weight excluding hydrogens is 264 g/mol. The number of anilines is 1. The molecule has 1 aromatic carbocycles. The van der Waals surface area contributed by atoms with Crippen LogP contribution in [0.25, 0.3) is 0 Å². The van der Waals surface area contributed by atoms with Crippen LogP contribution in [0.1, 0.15) is 28.2 Å². The number of benzene rings is 1. The van der Waals surface area contributed by atoms with E-state index in [0.717, 1.165) is 11.3 Å². The standard InChI is InChI=1S/C17H16N2O2/c1-13-5-4-7-16(18-13)17(21)19-15-10-8-14(9-11-15)6-2-3-12-20/h4-5,7-11,20H,3,12H2,1H3,(H,19,21). The van der Waals surface area contributed by atoms with E-state index in [4.69, 9.17) is 5.11 Å². The van der Waals surface area contributed by atoms with Gasteiger partial charge in [-0.3, -0.25) is 4.79 Å². The quantitative estimate of drug-likeness (QED) is 0.849. The predicted octanol–water partition coefficient (Wildman–Crippen LogP) is 2.38. The van der Waals surface area contributed by atoms with E-state index in [0.29, 0.717) is 17.8 Å². The van der Waals surface area contributed by atoms with Gasteiger partial charge in [0.2, 0.25) is 0 Å². The molecule has 0 fully saturated rings. The number of nitrogens with zero attached hydrogens (tertiary/aromatic N) is 1. The fourth-order valence-electron chi connectivity index (χ4n) is 1.72. The molecule has 2 aromatic rings. The number of aliphatic hydroxyl groups is 1. The Morgan fingerprint density at radius 2 is 2.00 bits per heavy atom. The number of aliphatic hydroxyl groups excluding tert-OH is 1. The first-order valence-corrected chi connectivity index (χ1v) is 6.64. The number of pyridine rings is 1. The molecule has 0 radical (unpaired) electrons. The lowest BCUT2D eigenvalue weighted by Crippen LogP contribution is -2.13. The number of nitrogens with one attached hydrogen (secondary N) is 1. The van der Waals surface area contributed by atoms with Crippen LogP contribution in [0.5, 0.6) is 0 Å². The molecule has 2 rings (SSSR count). The van der Waals surface area contributed by atoms with E-state index in [1.165, 1.54) is 0 Å². The summed E-state index contributed by atoms with van der Waals surface area (Å²) in [4.78, 5) is 16.2. The number of carbonyl (C=O) groups excluding carboxylic acids is 1. The first-order valence-electron chi connectivity index (χ1n) is 6.64. The average Bonchev–Trinajstić information content (AvgIpc) is 2.49. The summed E-state index contributed by atoms with van der Waals surface area (Å²) in [7, 11) is 0. The van der Waals surface area contributed by atoms with Crippen molar-refractivity contribution in [2.75, 3.05) is 11.9 Å². The molecule has 4 heteroatoms. The van der Waals surface area contributed by atoms with Gasteiger partial charge in [-0.1, -0.05) is 17.9 Å². The van der Waals surface area contributed by atoms with E-state index in [-0.39, 0.29) is 12.5 Å². The lowest BCUT2D eigenvalue weighted by molar-refractivity contribution is 0.102. The van der Waals surface area contributed by atoms with Crippen LogP contribution in [-0.2, 0) is 0 Å². The van der Waals surface area contributed by atoms with Crippen molar-refractivity contribution in [1.29, 1.82) is 0 Å². The minimum Gasteiger partial charge on any atom is -0.395 e. The highest BCUT2D eigenvalue weighted by molar-refractivity contribution is 6.02. The van der Waals surface area contributed by atoms with Crippen molar-refractivity contribution < 1.29 is 9.90 Å². The monoisotopic (exact) mass is 280 g/mol. The Hall–Kier alpha value is -2.64. The Morgan fingerprint density at radius 3 is 2.67 bits per heavy atom. The number of aryl methyl sites for hydroxylation is 1. The van der Waals surface area contributed by atoms with Crippen LogP contribution >= 0.6 is 0 Å². The van der Waals surface area contributed by atoms with Crippen LogP contribution in [-0.4, -0.2) is 22.6 Å². The van der Waals surface area contributed by atoms with Gasteiger partial charge in [0.05, 0.1) is 6.61 Å². The fourth-order valence-corrected chi connectivity index (χ4v) is 1.72. The lowest BCUT2D eigenvalue weighted by Gasteiger charge is -2.05. The van der Waals surface area contributed by atoms with Crippen LogP contribution in [0.2, 0.25) is 0 Å². The number of rotatable bonds is 3.